The lowest BCUT2D eigenvalue weighted by atomic mass is 10.1. The minimum Gasteiger partial charge on any atom is -0.439 e. The number of carbonyl (C=O) groups is 1. The van der Waals surface area contributed by atoms with Crippen LogP contribution in [0.1, 0.15) is 24.5 Å². The molecule has 116 valence electrons. The smallest absolute Gasteiger partial charge is 0.417 e. The first-order chi connectivity index (χ1) is 10.3. The van der Waals surface area contributed by atoms with Crippen molar-refractivity contribution in [2.45, 2.75) is 25.9 Å². The van der Waals surface area contributed by atoms with Gasteiger partial charge in [-0.15, -0.1) is 0 Å². The monoisotopic (exact) mass is 309 g/mol. The third-order valence-corrected chi connectivity index (χ3v) is 2.98. The molecule has 1 aromatic heterocycles. The van der Waals surface area contributed by atoms with Crippen LogP contribution in [0, 0.1) is 0 Å². The predicted octanol–water partition coefficient (Wildman–Crippen LogP) is 4.41. The summed E-state index contributed by atoms with van der Waals surface area (Å²) in [5, 5.41) is 0. The molecule has 6 heteroatoms. The zero-order valence-electron chi connectivity index (χ0n) is 11.9. The van der Waals surface area contributed by atoms with Gasteiger partial charge in [-0.05, 0) is 37.1 Å². The van der Waals surface area contributed by atoms with E-state index in [0.717, 1.165) is 17.8 Å². The van der Waals surface area contributed by atoms with Crippen LogP contribution in [-0.2, 0) is 17.4 Å². The summed E-state index contributed by atoms with van der Waals surface area (Å²) in [4.78, 5) is 14.5. The van der Waals surface area contributed by atoms with Gasteiger partial charge in [0, 0.05) is 18.7 Å². The number of hydrogen-bond acceptors (Lipinski definition) is 3. The number of ketones is 1. The van der Waals surface area contributed by atoms with E-state index in [4.69, 9.17) is 4.74 Å². The molecule has 0 saturated carbocycles. The van der Waals surface area contributed by atoms with Crippen molar-refractivity contribution >= 4 is 5.78 Å². The van der Waals surface area contributed by atoms with Crippen LogP contribution in [0.3, 0.4) is 0 Å². The Morgan fingerprint density at radius 2 is 1.82 bits per heavy atom. The first kappa shape index (κ1) is 16.0. The molecule has 0 fully saturated rings. The minimum absolute atomic E-state index is 0.0875. The summed E-state index contributed by atoms with van der Waals surface area (Å²) < 4.78 is 42.6. The number of pyridine rings is 1. The zero-order chi connectivity index (χ0) is 16.2. The lowest BCUT2D eigenvalue weighted by Crippen LogP contribution is -2.05. The van der Waals surface area contributed by atoms with E-state index < -0.39 is 11.7 Å². The molecule has 0 amide bonds. The molecule has 2 rings (SSSR count). The number of carbonyl (C=O) groups excluding carboxylic acids is 1. The largest absolute Gasteiger partial charge is 0.439 e. The number of nitrogens with zero attached hydrogens (tertiary/aromatic N) is 1. The fraction of sp³-hybridized carbons (Fsp3) is 0.250. The van der Waals surface area contributed by atoms with Gasteiger partial charge in [-0.1, -0.05) is 12.1 Å². The van der Waals surface area contributed by atoms with Gasteiger partial charge in [-0.3, -0.25) is 0 Å². The number of benzene rings is 1. The number of ether oxygens (including phenoxy) is 1. The number of rotatable bonds is 5. The zero-order valence-corrected chi connectivity index (χ0v) is 11.9. The Hall–Kier alpha value is -2.37. The van der Waals surface area contributed by atoms with Crippen molar-refractivity contribution in [3.05, 3.63) is 53.7 Å². The van der Waals surface area contributed by atoms with Crippen molar-refractivity contribution in [3.8, 4) is 11.6 Å². The maximum absolute atomic E-state index is 12.4. The van der Waals surface area contributed by atoms with Crippen molar-refractivity contribution in [3.63, 3.8) is 0 Å². The number of hydrogen-bond donors (Lipinski definition) is 0. The van der Waals surface area contributed by atoms with Crippen LogP contribution in [0.4, 0.5) is 13.2 Å². The summed E-state index contributed by atoms with van der Waals surface area (Å²) in [6.07, 6.45) is -2.56. The second kappa shape index (κ2) is 6.60. The van der Waals surface area contributed by atoms with Crippen LogP contribution in [0.5, 0.6) is 11.6 Å². The molecule has 0 spiro atoms. The van der Waals surface area contributed by atoms with Crippen LogP contribution in [-0.4, -0.2) is 10.8 Å². The molecule has 2 aromatic rings. The molecular weight excluding hydrogens is 295 g/mol. The molecular formula is C16H14F3NO2. The molecule has 1 aromatic carbocycles. The Morgan fingerprint density at radius 3 is 2.32 bits per heavy atom. The van der Waals surface area contributed by atoms with Gasteiger partial charge >= 0.3 is 6.18 Å². The van der Waals surface area contributed by atoms with Crippen molar-refractivity contribution in [1.29, 1.82) is 0 Å². The highest BCUT2D eigenvalue weighted by molar-refractivity contribution is 5.75. The standard InChI is InChI=1S/C16H14F3NO2/c1-11(21)2-3-12-4-7-14(8-5-12)22-15-9-6-13(10-20-15)16(17,18)19/h4-10H,2-3H2,1H3. The topological polar surface area (TPSA) is 39.2 Å². The molecule has 0 aliphatic heterocycles. The maximum atomic E-state index is 12.4. The van der Waals surface area contributed by atoms with Gasteiger partial charge < -0.3 is 9.53 Å². The Kier molecular flexibility index (Phi) is 4.80. The second-order valence-electron chi connectivity index (χ2n) is 4.83. The number of halogens is 3. The number of Topliss-reactive ketones (excluding diaryl/α,β-unsaturated/α-hetero) is 1. The van der Waals surface area contributed by atoms with E-state index in [0.29, 0.717) is 18.6 Å². The van der Waals surface area contributed by atoms with E-state index in [1.54, 1.807) is 12.1 Å². The Balaban J connectivity index is 2.00. The van der Waals surface area contributed by atoms with Gasteiger partial charge in [0.05, 0.1) is 5.56 Å². The van der Waals surface area contributed by atoms with E-state index in [1.165, 1.54) is 13.0 Å². The third-order valence-electron chi connectivity index (χ3n) is 2.98. The molecule has 0 aliphatic rings. The highest BCUT2D eigenvalue weighted by Gasteiger charge is 2.30. The number of aromatic nitrogens is 1. The van der Waals surface area contributed by atoms with Gasteiger partial charge in [0.2, 0.25) is 5.88 Å². The SMILES string of the molecule is CC(=O)CCc1ccc(Oc2ccc(C(F)(F)F)cn2)cc1. The van der Waals surface area contributed by atoms with Crippen LogP contribution in [0.15, 0.2) is 42.6 Å². The number of alkyl halides is 3. The average Bonchev–Trinajstić information content (AvgIpc) is 2.46. The fourth-order valence-corrected chi connectivity index (χ4v) is 1.77. The molecule has 1 heterocycles. The molecule has 0 radical (unpaired) electrons. The molecule has 0 N–H and O–H groups in total. The summed E-state index contributed by atoms with van der Waals surface area (Å²) in [6.45, 7) is 1.54. The van der Waals surface area contributed by atoms with E-state index in [9.17, 15) is 18.0 Å². The summed E-state index contributed by atoms with van der Waals surface area (Å²) in [5.41, 5.74) is 0.169. The normalized spacial score (nSPS) is 11.3. The van der Waals surface area contributed by atoms with E-state index in [2.05, 4.69) is 4.98 Å². The van der Waals surface area contributed by atoms with Gasteiger partial charge in [0.1, 0.15) is 11.5 Å². The second-order valence-corrected chi connectivity index (χ2v) is 4.83. The molecule has 0 aliphatic carbocycles. The maximum Gasteiger partial charge on any atom is 0.417 e. The lowest BCUT2D eigenvalue weighted by Gasteiger charge is -2.08. The van der Waals surface area contributed by atoms with Crippen LogP contribution < -0.4 is 4.74 Å². The minimum atomic E-state index is -4.41. The van der Waals surface area contributed by atoms with Gasteiger partial charge in [0.25, 0.3) is 0 Å². The molecule has 0 saturated heterocycles. The Labute approximate surface area is 125 Å². The highest BCUT2D eigenvalue weighted by atomic mass is 19.4. The fourth-order valence-electron chi connectivity index (χ4n) is 1.77. The molecule has 3 nitrogen and oxygen atoms in total. The quantitative estimate of drug-likeness (QED) is 0.821. The van der Waals surface area contributed by atoms with Gasteiger partial charge in [-0.25, -0.2) is 4.98 Å². The molecule has 0 unspecified atom stereocenters. The number of aryl methyl sites for hydroxylation is 1. The highest BCUT2D eigenvalue weighted by Crippen LogP contribution is 2.30. The first-order valence-corrected chi connectivity index (χ1v) is 6.64. The van der Waals surface area contributed by atoms with Crippen molar-refractivity contribution in [2.75, 3.05) is 0 Å². The third kappa shape index (κ3) is 4.58. The first-order valence-electron chi connectivity index (χ1n) is 6.64. The lowest BCUT2D eigenvalue weighted by molar-refractivity contribution is -0.137. The molecule has 0 atom stereocenters. The van der Waals surface area contributed by atoms with E-state index in [1.807, 2.05) is 12.1 Å². The van der Waals surface area contributed by atoms with Crippen LogP contribution in [0.2, 0.25) is 0 Å². The van der Waals surface area contributed by atoms with Crippen molar-refractivity contribution in [1.82, 2.24) is 4.98 Å². The van der Waals surface area contributed by atoms with Gasteiger partial charge in [0.15, 0.2) is 0 Å². The van der Waals surface area contributed by atoms with Gasteiger partial charge in [-0.2, -0.15) is 13.2 Å². The summed E-state index contributed by atoms with van der Waals surface area (Å²) in [7, 11) is 0. The van der Waals surface area contributed by atoms with E-state index in [-0.39, 0.29) is 11.7 Å². The van der Waals surface area contributed by atoms with Crippen molar-refractivity contribution < 1.29 is 22.7 Å². The molecule has 22 heavy (non-hydrogen) atoms. The Bertz CT molecular complexity index is 634. The summed E-state index contributed by atoms with van der Waals surface area (Å²) in [5.74, 6) is 0.678. The Morgan fingerprint density at radius 1 is 1.14 bits per heavy atom. The van der Waals surface area contributed by atoms with Crippen LogP contribution in [0.25, 0.3) is 0 Å². The van der Waals surface area contributed by atoms with Crippen molar-refractivity contribution in [2.24, 2.45) is 0 Å². The summed E-state index contributed by atoms with van der Waals surface area (Å²) >= 11 is 0. The molecule has 0 bridgehead atoms. The average molecular weight is 309 g/mol. The summed E-state index contributed by atoms with van der Waals surface area (Å²) in [6, 6.07) is 9.09. The predicted molar refractivity (Wildman–Crippen MR) is 74.8 cm³/mol. The van der Waals surface area contributed by atoms with Crippen LogP contribution >= 0.6 is 0 Å². The van der Waals surface area contributed by atoms with E-state index >= 15 is 0 Å².